The maximum absolute atomic E-state index is 12.0. The number of nitrogens with two attached hydrogens (primary N) is 1. The molecular weight excluding hydrogens is 258 g/mol. The van der Waals surface area contributed by atoms with E-state index in [1.807, 2.05) is 0 Å². The highest BCUT2D eigenvalue weighted by Crippen LogP contribution is 2.18. The van der Waals surface area contributed by atoms with Crippen LogP contribution in [0.25, 0.3) is 0 Å². The van der Waals surface area contributed by atoms with E-state index in [9.17, 15) is 4.79 Å². The minimum Gasteiger partial charge on any atom is -0.356 e. The van der Waals surface area contributed by atoms with Crippen LogP contribution in [0.1, 0.15) is 17.4 Å². The van der Waals surface area contributed by atoms with E-state index in [0.717, 1.165) is 11.0 Å². The third-order valence-electron chi connectivity index (χ3n) is 2.84. The fraction of sp³-hybridized carbons (Fsp3) is 0.500. The molecular formula is C10H14BrN3O. The molecule has 0 spiro atoms. The van der Waals surface area contributed by atoms with Gasteiger partial charge in [-0.25, -0.2) is 0 Å². The van der Waals surface area contributed by atoms with Crippen LogP contribution in [0, 0.1) is 5.92 Å². The number of carbonyl (C=O) groups excluding carboxylic acids is 1. The number of nitrogens with zero attached hydrogens (tertiary/aromatic N) is 1. The monoisotopic (exact) mass is 271 g/mol. The summed E-state index contributed by atoms with van der Waals surface area (Å²) in [5.41, 5.74) is 6.49. The van der Waals surface area contributed by atoms with Gasteiger partial charge in [0.1, 0.15) is 5.69 Å². The molecule has 2 atom stereocenters. The largest absolute Gasteiger partial charge is 0.356 e. The molecule has 1 aromatic rings. The first-order valence-corrected chi connectivity index (χ1v) is 5.76. The lowest BCUT2D eigenvalue weighted by Crippen LogP contribution is -2.32. The number of likely N-dealkylation sites (tertiary alicyclic amines) is 1. The predicted octanol–water partition coefficient (Wildman–Crippen LogP) is 1.20. The van der Waals surface area contributed by atoms with Crippen molar-refractivity contribution in [3.8, 4) is 0 Å². The second-order valence-electron chi connectivity index (χ2n) is 4.08. The van der Waals surface area contributed by atoms with E-state index in [-0.39, 0.29) is 11.9 Å². The Hall–Kier alpha value is -0.810. The SMILES string of the molecule is CC1CN(C(=O)c2cc(Br)c[nH]2)CC1N. The molecule has 82 valence electrons. The highest BCUT2D eigenvalue weighted by Gasteiger charge is 2.30. The van der Waals surface area contributed by atoms with Crippen molar-refractivity contribution >= 4 is 21.8 Å². The summed E-state index contributed by atoms with van der Waals surface area (Å²) in [5.74, 6) is 0.410. The Balaban J connectivity index is 2.10. The number of carbonyl (C=O) groups is 1. The number of hydrogen-bond acceptors (Lipinski definition) is 2. The molecule has 2 unspecified atom stereocenters. The molecule has 0 aliphatic carbocycles. The van der Waals surface area contributed by atoms with Crippen LogP contribution in [-0.4, -0.2) is 34.9 Å². The van der Waals surface area contributed by atoms with E-state index < -0.39 is 0 Å². The normalized spacial score (nSPS) is 25.9. The Labute approximate surface area is 97.0 Å². The van der Waals surface area contributed by atoms with E-state index in [1.165, 1.54) is 0 Å². The molecule has 1 aromatic heterocycles. The molecule has 2 heterocycles. The van der Waals surface area contributed by atoms with Gasteiger partial charge in [0.15, 0.2) is 0 Å². The van der Waals surface area contributed by atoms with Crippen molar-refractivity contribution in [3.63, 3.8) is 0 Å². The highest BCUT2D eigenvalue weighted by molar-refractivity contribution is 9.10. The van der Waals surface area contributed by atoms with Crippen LogP contribution in [0.3, 0.4) is 0 Å². The van der Waals surface area contributed by atoms with Gasteiger partial charge in [-0.3, -0.25) is 4.79 Å². The molecule has 15 heavy (non-hydrogen) atoms. The zero-order valence-corrected chi connectivity index (χ0v) is 10.1. The van der Waals surface area contributed by atoms with Crippen LogP contribution in [-0.2, 0) is 0 Å². The number of rotatable bonds is 1. The molecule has 0 aromatic carbocycles. The summed E-state index contributed by atoms with van der Waals surface area (Å²) in [6.07, 6.45) is 1.76. The first-order chi connectivity index (χ1) is 7.08. The third-order valence-corrected chi connectivity index (χ3v) is 3.29. The molecule has 1 amide bonds. The Morgan fingerprint density at radius 2 is 2.40 bits per heavy atom. The fourth-order valence-corrected chi connectivity index (χ4v) is 2.16. The minimum absolute atomic E-state index is 0.0282. The summed E-state index contributed by atoms with van der Waals surface area (Å²) in [7, 11) is 0. The van der Waals surface area contributed by atoms with Gasteiger partial charge < -0.3 is 15.6 Å². The lowest BCUT2D eigenvalue weighted by molar-refractivity contribution is 0.0781. The summed E-state index contributed by atoms with van der Waals surface area (Å²) >= 11 is 3.31. The van der Waals surface area contributed by atoms with Gasteiger partial charge in [-0.05, 0) is 27.9 Å². The van der Waals surface area contributed by atoms with Gasteiger partial charge >= 0.3 is 0 Å². The lowest BCUT2D eigenvalue weighted by atomic mass is 10.1. The van der Waals surface area contributed by atoms with E-state index >= 15 is 0 Å². The van der Waals surface area contributed by atoms with Crippen LogP contribution in [0.4, 0.5) is 0 Å². The fourth-order valence-electron chi connectivity index (χ4n) is 1.82. The Morgan fingerprint density at radius 3 is 2.87 bits per heavy atom. The number of H-pyrrole nitrogens is 1. The standard InChI is InChI=1S/C10H14BrN3O/c1-6-4-14(5-8(6)12)10(15)9-2-7(11)3-13-9/h2-3,6,8,13H,4-5,12H2,1H3. The number of nitrogens with one attached hydrogen (secondary N) is 1. The summed E-state index contributed by atoms with van der Waals surface area (Å²) < 4.78 is 0.891. The molecule has 1 aliphatic heterocycles. The first-order valence-electron chi connectivity index (χ1n) is 4.96. The molecule has 2 rings (SSSR count). The molecule has 1 saturated heterocycles. The van der Waals surface area contributed by atoms with E-state index in [2.05, 4.69) is 27.8 Å². The summed E-state index contributed by atoms with van der Waals surface area (Å²) in [5, 5.41) is 0. The van der Waals surface area contributed by atoms with Crippen molar-refractivity contribution in [1.29, 1.82) is 0 Å². The summed E-state index contributed by atoms with van der Waals surface area (Å²) in [6, 6.07) is 1.89. The number of aromatic nitrogens is 1. The van der Waals surface area contributed by atoms with E-state index in [0.29, 0.717) is 18.2 Å². The van der Waals surface area contributed by atoms with Crippen LogP contribution < -0.4 is 5.73 Å². The topological polar surface area (TPSA) is 62.1 Å². The van der Waals surface area contributed by atoms with Gasteiger partial charge in [-0.2, -0.15) is 0 Å². The average molecular weight is 272 g/mol. The Kier molecular flexibility index (Phi) is 2.84. The van der Waals surface area contributed by atoms with E-state index in [4.69, 9.17) is 5.73 Å². The van der Waals surface area contributed by atoms with Crippen molar-refractivity contribution in [2.75, 3.05) is 13.1 Å². The molecule has 0 bridgehead atoms. The second-order valence-corrected chi connectivity index (χ2v) is 5.00. The molecule has 1 aliphatic rings. The van der Waals surface area contributed by atoms with Gasteiger partial charge in [0.2, 0.25) is 0 Å². The number of halogens is 1. The zero-order valence-electron chi connectivity index (χ0n) is 8.53. The summed E-state index contributed by atoms with van der Waals surface area (Å²) in [4.78, 5) is 16.7. The average Bonchev–Trinajstić information content (AvgIpc) is 2.74. The minimum atomic E-state index is 0.0282. The maximum Gasteiger partial charge on any atom is 0.270 e. The van der Waals surface area contributed by atoms with Gasteiger partial charge in [0.05, 0.1) is 0 Å². The summed E-state index contributed by atoms with van der Waals surface area (Å²) in [6.45, 7) is 3.47. The number of amides is 1. The molecule has 4 nitrogen and oxygen atoms in total. The first kappa shape index (κ1) is 10.7. The number of hydrogen-bond donors (Lipinski definition) is 2. The van der Waals surface area contributed by atoms with Gasteiger partial charge in [-0.1, -0.05) is 6.92 Å². The van der Waals surface area contributed by atoms with Crippen molar-refractivity contribution in [2.45, 2.75) is 13.0 Å². The van der Waals surface area contributed by atoms with Crippen molar-refractivity contribution in [1.82, 2.24) is 9.88 Å². The van der Waals surface area contributed by atoms with Gasteiger partial charge in [0.25, 0.3) is 5.91 Å². The van der Waals surface area contributed by atoms with Gasteiger partial charge in [0, 0.05) is 29.8 Å². The lowest BCUT2D eigenvalue weighted by Gasteiger charge is -2.14. The molecule has 1 fully saturated rings. The van der Waals surface area contributed by atoms with Crippen LogP contribution >= 0.6 is 15.9 Å². The predicted molar refractivity (Wildman–Crippen MR) is 61.5 cm³/mol. The second kappa shape index (κ2) is 3.98. The van der Waals surface area contributed by atoms with E-state index in [1.54, 1.807) is 17.2 Å². The number of aromatic amines is 1. The Bertz CT molecular complexity index is 366. The molecule has 3 N–H and O–H groups in total. The van der Waals surface area contributed by atoms with Crippen LogP contribution in [0.2, 0.25) is 0 Å². The maximum atomic E-state index is 12.0. The Morgan fingerprint density at radius 1 is 1.67 bits per heavy atom. The molecule has 5 heteroatoms. The van der Waals surface area contributed by atoms with Crippen molar-refractivity contribution < 1.29 is 4.79 Å². The smallest absolute Gasteiger partial charge is 0.270 e. The van der Waals surface area contributed by atoms with Crippen molar-refractivity contribution in [3.05, 3.63) is 22.4 Å². The third kappa shape index (κ3) is 2.08. The quantitative estimate of drug-likeness (QED) is 0.806. The van der Waals surface area contributed by atoms with Gasteiger partial charge in [-0.15, -0.1) is 0 Å². The highest BCUT2D eigenvalue weighted by atomic mass is 79.9. The molecule has 0 radical (unpaired) electrons. The van der Waals surface area contributed by atoms with Crippen LogP contribution in [0.5, 0.6) is 0 Å². The van der Waals surface area contributed by atoms with Crippen molar-refractivity contribution in [2.24, 2.45) is 11.7 Å². The zero-order chi connectivity index (χ0) is 11.0. The van der Waals surface area contributed by atoms with Crippen LogP contribution in [0.15, 0.2) is 16.7 Å². The molecule has 0 saturated carbocycles.